The van der Waals surface area contributed by atoms with E-state index in [0.717, 1.165) is 17.0 Å². The minimum atomic E-state index is -3.07. The molecule has 1 radical (unpaired) electrons. The number of hydrogen-bond acceptors (Lipinski definition) is 2. The average molecular weight is 343 g/mol. The summed E-state index contributed by atoms with van der Waals surface area (Å²) in [6.07, 6.45) is 0.0191. The number of nitrogens with zero attached hydrogens (tertiary/aromatic N) is 1. The molecule has 1 aromatic rings. The fourth-order valence-electron chi connectivity index (χ4n) is 3.67. The molecular weight excluding hydrogens is 328 g/mol. The summed E-state index contributed by atoms with van der Waals surface area (Å²) in [5.41, 5.74) is 3.62. The predicted molar refractivity (Wildman–Crippen MR) is 77.0 cm³/mol. The lowest BCUT2D eigenvalue weighted by Gasteiger charge is -2.36. The van der Waals surface area contributed by atoms with Crippen molar-refractivity contribution in [1.82, 2.24) is 0 Å². The molecule has 2 N–H and O–H groups in total. The molecule has 4 nitrogen and oxygen atoms in total. The molecular formula is C16H15F4N2O2. The van der Waals surface area contributed by atoms with Gasteiger partial charge in [0.15, 0.2) is 0 Å². The molecule has 2 fully saturated rings. The van der Waals surface area contributed by atoms with E-state index < -0.39 is 53.7 Å². The molecule has 1 saturated heterocycles. The van der Waals surface area contributed by atoms with Gasteiger partial charge in [-0.2, -0.15) is 0 Å². The third kappa shape index (κ3) is 2.74. The third-order valence-electron chi connectivity index (χ3n) is 4.60. The van der Waals surface area contributed by atoms with Crippen molar-refractivity contribution >= 4 is 17.5 Å². The molecule has 129 valence electrons. The number of rotatable bonds is 2. The van der Waals surface area contributed by atoms with Crippen molar-refractivity contribution in [3.05, 3.63) is 36.3 Å². The first kappa shape index (κ1) is 16.7. The normalized spacial score (nSPS) is 29.2. The minimum absolute atomic E-state index is 0.0689. The molecule has 2 unspecified atom stereocenters. The van der Waals surface area contributed by atoms with E-state index in [2.05, 4.69) is 0 Å². The number of nitrogens with two attached hydrogens (primary N) is 1. The van der Waals surface area contributed by atoms with Crippen LogP contribution in [0.3, 0.4) is 0 Å². The molecule has 2 aliphatic rings. The van der Waals surface area contributed by atoms with Gasteiger partial charge in [-0.15, -0.1) is 0 Å². The summed E-state index contributed by atoms with van der Waals surface area (Å²) in [5.74, 6) is -6.62. The Kier molecular flexibility index (Phi) is 3.80. The van der Waals surface area contributed by atoms with Gasteiger partial charge in [0.25, 0.3) is 0 Å². The summed E-state index contributed by atoms with van der Waals surface area (Å²) in [6, 6.07) is 1.14. The summed E-state index contributed by atoms with van der Waals surface area (Å²) in [4.78, 5) is 25.4. The van der Waals surface area contributed by atoms with Crippen LogP contribution in [0.1, 0.15) is 25.7 Å². The second-order valence-corrected chi connectivity index (χ2v) is 6.44. The Morgan fingerprint density at radius 3 is 2.33 bits per heavy atom. The number of benzene rings is 1. The molecule has 1 aliphatic heterocycles. The van der Waals surface area contributed by atoms with E-state index in [4.69, 9.17) is 5.73 Å². The molecule has 2 amide bonds. The largest absolute Gasteiger partial charge is 0.368 e. The molecule has 3 rings (SSSR count). The van der Waals surface area contributed by atoms with Crippen molar-refractivity contribution < 1.29 is 27.2 Å². The number of alkyl halides is 2. The van der Waals surface area contributed by atoms with E-state index in [1.54, 1.807) is 0 Å². The molecule has 0 aromatic heterocycles. The lowest BCUT2D eigenvalue weighted by molar-refractivity contribution is -0.135. The van der Waals surface area contributed by atoms with E-state index in [1.165, 1.54) is 6.42 Å². The Morgan fingerprint density at radius 1 is 1.17 bits per heavy atom. The average Bonchev–Trinajstić information content (AvgIpc) is 2.70. The maximum absolute atomic E-state index is 13.8. The number of primary amides is 1. The first-order valence-corrected chi connectivity index (χ1v) is 7.42. The van der Waals surface area contributed by atoms with Crippen molar-refractivity contribution in [1.29, 1.82) is 0 Å². The number of carbonyl (C=O) groups excluding carboxylic acids is 2. The van der Waals surface area contributed by atoms with Crippen LogP contribution in [0.15, 0.2) is 18.2 Å². The van der Waals surface area contributed by atoms with Gasteiger partial charge in [-0.3, -0.25) is 14.5 Å². The minimum Gasteiger partial charge on any atom is -0.368 e. The van der Waals surface area contributed by atoms with Crippen LogP contribution in [0, 0.1) is 23.5 Å². The quantitative estimate of drug-likeness (QED) is 0.839. The van der Waals surface area contributed by atoms with E-state index in [0.29, 0.717) is 6.07 Å². The van der Waals surface area contributed by atoms with Crippen molar-refractivity contribution in [3.8, 4) is 0 Å². The van der Waals surface area contributed by atoms with Gasteiger partial charge in [0.1, 0.15) is 17.7 Å². The van der Waals surface area contributed by atoms with Crippen LogP contribution in [-0.4, -0.2) is 23.8 Å². The Hall–Kier alpha value is -2.12. The molecule has 2 atom stereocenters. The summed E-state index contributed by atoms with van der Waals surface area (Å²) >= 11 is 0. The van der Waals surface area contributed by atoms with E-state index in [1.807, 2.05) is 0 Å². The summed E-state index contributed by atoms with van der Waals surface area (Å²) in [7, 11) is 0. The maximum Gasteiger partial charge on any atom is 0.249 e. The Labute approximate surface area is 135 Å². The Balaban J connectivity index is 2.04. The van der Waals surface area contributed by atoms with Gasteiger partial charge in [-0.05, 0) is 31.4 Å². The number of halogens is 4. The standard InChI is InChI=1S/C16H15F4N2O2/c17-9-4-10(18)6-11(5-9)22-12(13(21)23)7-15(14(22)24)2-1-3-16(19,20)8-15/h1,4-6,12H,2-3,7-8H2,(H2,21,23). The number of anilines is 1. The van der Waals surface area contributed by atoms with E-state index in [-0.39, 0.29) is 18.5 Å². The maximum atomic E-state index is 13.8. The van der Waals surface area contributed by atoms with Gasteiger partial charge < -0.3 is 5.73 Å². The van der Waals surface area contributed by atoms with Gasteiger partial charge in [-0.1, -0.05) is 0 Å². The smallest absolute Gasteiger partial charge is 0.249 e. The molecule has 8 heteroatoms. The van der Waals surface area contributed by atoms with Gasteiger partial charge in [-0.25, -0.2) is 17.6 Å². The summed E-state index contributed by atoms with van der Waals surface area (Å²) < 4.78 is 54.6. The van der Waals surface area contributed by atoms with Crippen molar-refractivity contribution in [2.45, 2.75) is 37.6 Å². The van der Waals surface area contributed by atoms with Crippen LogP contribution >= 0.6 is 0 Å². The first-order chi connectivity index (χ1) is 11.1. The van der Waals surface area contributed by atoms with Crippen molar-refractivity contribution in [2.24, 2.45) is 11.1 Å². The number of hydrogen-bond donors (Lipinski definition) is 1. The van der Waals surface area contributed by atoms with Crippen LogP contribution in [0.2, 0.25) is 0 Å². The third-order valence-corrected chi connectivity index (χ3v) is 4.60. The van der Waals surface area contributed by atoms with Crippen LogP contribution in [0.25, 0.3) is 0 Å². The highest BCUT2D eigenvalue weighted by Gasteiger charge is 2.59. The molecule has 1 aliphatic carbocycles. The van der Waals surface area contributed by atoms with Crippen LogP contribution in [0.4, 0.5) is 23.2 Å². The zero-order valence-corrected chi connectivity index (χ0v) is 12.6. The lowest BCUT2D eigenvalue weighted by Crippen LogP contribution is -2.44. The summed E-state index contributed by atoms with van der Waals surface area (Å²) in [5, 5.41) is 0. The van der Waals surface area contributed by atoms with Crippen molar-refractivity contribution in [3.63, 3.8) is 0 Å². The topological polar surface area (TPSA) is 63.4 Å². The second kappa shape index (κ2) is 5.46. The van der Waals surface area contributed by atoms with Gasteiger partial charge >= 0.3 is 0 Å². The van der Waals surface area contributed by atoms with Gasteiger partial charge in [0, 0.05) is 18.9 Å². The van der Waals surface area contributed by atoms with Gasteiger partial charge in [0.05, 0.1) is 11.1 Å². The highest BCUT2D eigenvalue weighted by molar-refractivity contribution is 6.07. The number of amides is 2. The van der Waals surface area contributed by atoms with Crippen molar-refractivity contribution in [2.75, 3.05) is 4.90 Å². The molecule has 1 saturated carbocycles. The van der Waals surface area contributed by atoms with Crippen LogP contribution in [0.5, 0.6) is 0 Å². The predicted octanol–water partition coefficient (Wildman–Crippen LogP) is 2.57. The Bertz CT molecular complexity index is 689. The van der Waals surface area contributed by atoms with Gasteiger partial charge in [0.2, 0.25) is 17.7 Å². The lowest BCUT2D eigenvalue weighted by atomic mass is 9.70. The fourth-order valence-corrected chi connectivity index (χ4v) is 3.67. The van der Waals surface area contributed by atoms with E-state index in [9.17, 15) is 27.2 Å². The SMILES string of the molecule is NC(=O)C1CC2(C[CH]CC(F)(F)C2)C(=O)N1c1cc(F)cc(F)c1. The summed E-state index contributed by atoms with van der Waals surface area (Å²) in [6.45, 7) is 0. The number of carbonyl (C=O) groups is 2. The monoisotopic (exact) mass is 343 g/mol. The zero-order chi connectivity index (χ0) is 17.7. The van der Waals surface area contributed by atoms with E-state index >= 15 is 0 Å². The van der Waals surface area contributed by atoms with Crippen LogP contribution < -0.4 is 10.6 Å². The molecule has 1 aromatic carbocycles. The molecule has 24 heavy (non-hydrogen) atoms. The highest BCUT2D eigenvalue weighted by Crippen LogP contribution is 2.52. The molecule has 1 heterocycles. The second-order valence-electron chi connectivity index (χ2n) is 6.44. The fraction of sp³-hybridized carbons (Fsp3) is 0.438. The molecule has 1 spiro atoms. The zero-order valence-electron chi connectivity index (χ0n) is 12.6. The first-order valence-electron chi connectivity index (χ1n) is 7.42. The highest BCUT2D eigenvalue weighted by atomic mass is 19.3. The Morgan fingerprint density at radius 2 is 1.79 bits per heavy atom. The van der Waals surface area contributed by atoms with Crippen LogP contribution in [-0.2, 0) is 9.59 Å². The molecule has 0 bridgehead atoms.